The Morgan fingerprint density at radius 2 is 1.77 bits per heavy atom. The number of ether oxygens (including phenoxy) is 1. The fourth-order valence-electron chi connectivity index (χ4n) is 2.89. The lowest BCUT2D eigenvalue weighted by Crippen LogP contribution is -2.18. The van der Waals surface area contributed by atoms with Crippen molar-refractivity contribution in [2.75, 3.05) is 12.4 Å². The first-order valence-corrected chi connectivity index (χ1v) is 7.89. The van der Waals surface area contributed by atoms with Gasteiger partial charge in [-0.05, 0) is 48.9 Å². The van der Waals surface area contributed by atoms with E-state index in [1.165, 1.54) is 7.11 Å². The van der Waals surface area contributed by atoms with Crippen molar-refractivity contribution in [1.29, 1.82) is 0 Å². The molecule has 0 saturated carbocycles. The average molecular weight is 351 g/mol. The molecule has 0 aromatic heterocycles. The molecular weight excluding hydrogens is 334 g/mol. The van der Waals surface area contributed by atoms with Crippen molar-refractivity contribution in [3.63, 3.8) is 0 Å². The summed E-state index contributed by atoms with van der Waals surface area (Å²) in [5.41, 5.74) is 8.55. The standard InChI is InChI=1S/C19H17N3O4/c1-10(21-13-6-3-11(4-7-13)19(25)26-2)16-14-8-5-12(17(20)23)9-15(14)22-18(16)24/h3-9,16H,1-2H3,(H2,20,23)(H,22,24). The number of carbonyl (C=O) groups excluding carboxylic acids is 3. The van der Waals surface area contributed by atoms with Gasteiger partial charge < -0.3 is 15.8 Å². The van der Waals surface area contributed by atoms with Gasteiger partial charge in [-0.2, -0.15) is 0 Å². The van der Waals surface area contributed by atoms with Gasteiger partial charge in [-0.15, -0.1) is 0 Å². The smallest absolute Gasteiger partial charge is 0.337 e. The van der Waals surface area contributed by atoms with E-state index >= 15 is 0 Å². The van der Waals surface area contributed by atoms with Gasteiger partial charge in [0.25, 0.3) is 0 Å². The lowest BCUT2D eigenvalue weighted by Gasteiger charge is -2.09. The number of anilines is 1. The van der Waals surface area contributed by atoms with Crippen LogP contribution in [-0.2, 0) is 9.53 Å². The summed E-state index contributed by atoms with van der Waals surface area (Å²) in [5.74, 6) is -1.74. The molecule has 26 heavy (non-hydrogen) atoms. The van der Waals surface area contributed by atoms with Gasteiger partial charge in [0, 0.05) is 17.0 Å². The van der Waals surface area contributed by atoms with Crippen molar-refractivity contribution in [3.8, 4) is 0 Å². The number of rotatable bonds is 4. The molecule has 3 N–H and O–H groups in total. The number of carbonyl (C=O) groups is 3. The van der Waals surface area contributed by atoms with Gasteiger partial charge in [-0.3, -0.25) is 14.6 Å². The molecule has 2 aromatic carbocycles. The molecule has 1 aliphatic heterocycles. The molecule has 7 heteroatoms. The molecule has 1 aliphatic rings. The summed E-state index contributed by atoms with van der Waals surface area (Å²) in [7, 11) is 1.32. The van der Waals surface area contributed by atoms with E-state index in [9.17, 15) is 14.4 Å². The fourth-order valence-corrected chi connectivity index (χ4v) is 2.89. The minimum atomic E-state index is -0.554. The van der Waals surface area contributed by atoms with Crippen LogP contribution < -0.4 is 11.1 Å². The summed E-state index contributed by atoms with van der Waals surface area (Å²) < 4.78 is 4.66. The van der Waals surface area contributed by atoms with E-state index in [4.69, 9.17) is 5.73 Å². The van der Waals surface area contributed by atoms with E-state index in [2.05, 4.69) is 15.0 Å². The molecule has 1 unspecified atom stereocenters. The Morgan fingerprint density at radius 3 is 2.38 bits per heavy atom. The van der Waals surface area contributed by atoms with Gasteiger partial charge in [0.05, 0.1) is 18.4 Å². The first-order chi connectivity index (χ1) is 12.4. The molecule has 0 fully saturated rings. The molecular formula is C19H17N3O4. The lowest BCUT2D eigenvalue weighted by atomic mass is 9.95. The first kappa shape index (κ1) is 17.3. The zero-order valence-corrected chi connectivity index (χ0v) is 14.3. The largest absolute Gasteiger partial charge is 0.465 e. The molecule has 1 atom stereocenters. The van der Waals surface area contributed by atoms with E-state index < -0.39 is 17.8 Å². The van der Waals surface area contributed by atoms with Crippen LogP contribution in [0.5, 0.6) is 0 Å². The van der Waals surface area contributed by atoms with Crippen molar-refractivity contribution in [2.24, 2.45) is 10.7 Å². The lowest BCUT2D eigenvalue weighted by molar-refractivity contribution is -0.115. The number of esters is 1. The Morgan fingerprint density at radius 1 is 1.12 bits per heavy atom. The molecule has 0 saturated heterocycles. The van der Waals surface area contributed by atoms with Crippen LogP contribution in [0.2, 0.25) is 0 Å². The fraction of sp³-hybridized carbons (Fsp3) is 0.158. The van der Waals surface area contributed by atoms with E-state index in [1.807, 2.05) is 0 Å². The van der Waals surface area contributed by atoms with Crippen molar-refractivity contribution >= 4 is 34.9 Å². The van der Waals surface area contributed by atoms with Crippen LogP contribution >= 0.6 is 0 Å². The van der Waals surface area contributed by atoms with Crippen LogP contribution in [0, 0.1) is 0 Å². The third-order valence-corrected chi connectivity index (χ3v) is 4.18. The van der Waals surface area contributed by atoms with Gasteiger partial charge in [0.15, 0.2) is 0 Å². The average Bonchev–Trinajstić information content (AvgIpc) is 2.96. The molecule has 7 nitrogen and oxygen atoms in total. The number of fused-ring (bicyclic) bond motifs is 1. The number of aliphatic imine (C=N–C) groups is 1. The van der Waals surface area contributed by atoms with Crippen molar-refractivity contribution < 1.29 is 19.1 Å². The van der Waals surface area contributed by atoms with Crippen LogP contribution in [0.1, 0.15) is 39.1 Å². The van der Waals surface area contributed by atoms with Crippen molar-refractivity contribution in [3.05, 3.63) is 59.2 Å². The van der Waals surface area contributed by atoms with Gasteiger partial charge >= 0.3 is 5.97 Å². The Bertz CT molecular complexity index is 932. The van der Waals surface area contributed by atoms with Gasteiger partial charge in [-0.25, -0.2) is 4.79 Å². The predicted molar refractivity (Wildman–Crippen MR) is 96.9 cm³/mol. The highest BCUT2D eigenvalue weighted by Gasteiger charge is 2.33. The Labute approximate surface area is 149 Å². The third-order valence-electron chi connectivity index (χ3n) is 4.18. The van der Waals surface area contributed by atoms with E-state index in [0.29, 0.717) is 28.2 Å². The number of hydrogen-bond donors (Lipinski definition) is 2. The second-order valence-corrected chi connectivity index (χ2v) is 5.88. The number of nitrogens with zero attached hydrogens (tertiary/aromatic N) is 1. The summed E-state index contributed by atoms with van der Waals surface area (Å²) in [6, 6.07) is 11.4. The highest BCUT2D eigenvalue weighted by atomic mass is 16.5. The number of nitrogens with one attached hydrogen (secondary N) is 1. The molecule has 0 aliphatic carbocycles. The molecule has 132 valence electrons. The summed E-state index contributed by atoms with van der Waals surface area (Å²) >= 11 is 0. The zero-order chi connectivity index (χ0) is 18.8. The highest BCUT2D eigenvalue weighted by molar-refractivity contribution is 6.18. The Balaban J connectivity index is 1.89. The molecule has 1 heterocycles. The minimum Gasteiger partial charge on any atom is -0.465 e. The zero-order valence-electron chi connectivity index (χ0n) is 14.3. The number of primary amides is 1. The van der Waals surface area contributed by atoms with Crippen molar-refractivity contribution in [1.82, 2.24) is 0 Å². The SMILES string of the molecule is COC(=O)c1ccc(N=C(C)C2C(=O)Nc3cc(C(N)=O)ccc32)cc1. The second-order valence-electron chi connectivity index (χ2n) is 5.88. The highest BCUT2D eigenvalue weighted by Crippen LogP contribution is 2.35. The van der Waals surface area contributed by atoms with Gasteiger partial charge in [-0.1, -0.05) is 6.07 Å². The number of hydrogen-bond acceptors (Lipinski definition) is 5. The summed E-state index contributed by atoms with van der Waals surface area (Å²) in [5, 5.41) is 2.75. The van der Waals surface area contributed by atoms with Gasteiger partial charge in [0.2, 0.25) is 11.8 Å². The topological polar surface area (TPSA) is 111 Å². The minimum absolute atomic E-state index is 0.214. The molecule has 2 amide bonds. The monoisotopic (exact) mass is 351 g/mol. The molecule has 0 bridgehead atoms. The van der Waals surface area contributed by atoms with E-state index in [-0.39, 0.29) is 5.91 Å². The van der Waals surface area contributed by atoms with E-state index in [0.717, 1.165) is 5.56 Å². The van der Waals surface area contributed by atoms with Crippen LogP contribution in [0.25, 0.3) is 0 Å². The van der Waals surface area contributed by atoms with Crippen LogP contribution in [-0.4, -0.2) is 30.6 Å². The Kier molecular flexibility index (Phi) is 4.53. The van der Waals surface area contributed by atoms with Crippen LogP contribution in [0.4, 0.5) is 11.4 Å². The second kappa shape index (κ2) is 6.79. The molecule has 0 radical (unpaired) electrons. The predicted octanol–water partition coefficient (Wildman–Crippen LogP) is 2.40. The molecule has 3 rings (SSSR count). The number of methoxy groups -OCH3 is 1. The summed E-state index contributed by atoms with van der Waals surface area (Å²) in [6.45, 7) is 1.76. The van der Waals surface area contributed by atoms with Crippen molar-refractivity contribution in [2.45, 2.75) is 12.8 Å². The first-order valence-electron chi connectivity index (χ1n) is 7.89. The quantitative estimate of drug-likeness (QED) is 0.651. The number of nitrogens with two attached hydrogens (primary N) is 1. The summed E-state index contributed by atoms with van der Waals surface area (Å²) in [4.78, 5) is 39.6. The maximum atomic E-state index is 12.4. The maximum Gasteiger partial charge on any atom is 0.337 e. The Hall–Kier alpha value is -3.48. The number of benzene rings is 2. The normalized spacial score (nSPS) is 16.0. The summed E-state index contributed by atoms with van der Waals surface area (Å²) in [6.07, 6.45) is 0. The van der Waals surface area contributed by atoms with Gasteiger partial charge in [0.1, 0.15) is 5.92 Å². The molecule has 0 spiro atoms. The number of amides is 2. The third kappa shape index (κ3) is 3.19. The molecule has 2 aromatic rings. The van der Waals surface area contributed by atoms with E-state index in [1.54, 1.807) is 49.4 Å². The van der Waals surface area contributed by atoms with Crippen LogP contribution in [0.15, 0.2) is 47.5 Å². The maximum absolute atomic E-state index is 12.4. The van der Waals surface area contributed by atoms with Crippen LogP contribution in [0.3, 0.4) is 0 Å².